The van der Waals surface area contributed by atoms with E-state index >= 15 is 0 Å². The predicted octanol–water partition coefficient (Wildman–Crippen LogP) is 1.64. The van der Waals surface area contributed by atoms with Gasteiger partial charge in [-0.15, -0.1) is 0 Å². The molecule has 0 bridgehead atoms. The van der Waals surface area contributed by atoms with Crippen molar-refractivity contribution in [2.45, 2.75) is 57.3 Å². The number of nitrogens with one attached hydrogen (secondary N) is 1. The zero-order valence-electron chi connectivity index (χ0n) is 12.8. The highest BCUT2D eigenvalue weighted by molar-refractivity contribution is 4.88. The van der Waals surface area contributed by atoms with Crippen molar-refractivity contribution < 1.29 is 9.47 Å². The Balaban J connectivity index is 1.76. The van der Waals surface area contributed by atoms with Gasteiger partial charge in [0, 0.05) is 32.3 Å². The van der Waals surface area contributed by atoms with E-state index in [1.54, 1.807) is 0 Å². The Morgan fingerprint density at radius 3 is 2.74 bits per heavy atom. The first-order valence-corrected chi connectivity index (χ1v) is 7.85. The average molecular weight is 270 g/mol. The lowest BCUT2D eigenvalue weighted by Gasteiger charge is -2.41. The summed E-state index contributed by atoms with van der Waals surface area (Å²) in [6.45, 7) is 9.31. The van der Waals surface area contributed by atoms with E-state index in [2.05, 4.69) is 31.1 Å². The Morgan fingerprint density at radius 2 is 2.05 bits per heavy atom. The summed E-state index contributed by atoms with van der Waals surface area (Å²) in [6, 6.07) is 0.587. The van der Waals surface area contributed by atoms with Gasteiger partial charge in [-0.05, 0) is 32.7 Å². The minimum atomic E-state index is 0.111. The summed E-state index contributed by atoms with van der Waals surface area (Å²) < 4.78 is 11.8. The maximum absolute atomic E-state index is 6.02. The van der Waals surface area contributed by atoms with Gasteiger partial charge in [0.05, 0.1) is 18.3 Å². The molecule has 2 aliphatic heterocycles. The van der Waals surface area contributed by atoms with Crippen LogP contribution < -0.4 is 5.32 Å². The molecule has 0 saturated carbocycles. The average Bonchev–Trinajstić information content (AvgIpc) is 2.45. The van der Waals surface area contributed by atoms with Crippen LogP contribution in [-0.4, -0.2) is 62.5 Å². The van der Waals surface area contributed by atoms with Crippen molar-refractivity contribution in [3.8, 4) is 0 Å². The second kappa shape index (κ2) is 7.02. The summed E-state index contributed by atoms with van der Waals surface area (Å²) in [4.78, 5) is 2.35. The third kappa shape index (κ3) is 4.15. The molecule has 2 atom stereocenters. The highest BCUT2D eigenvalue weighted by Gasteiger charge is 2.34. The van der Waals surface area contributed by atoms with Crippen LogP contribution in [0.2, 0.25) is 0 Å². The Kier molecular flexibility index (Phi) is 5.63. The molecule has 112 valence electrons. The van der Waals surface area contributed by atoms with Gasteiger partial charge in [0.1, 0.15) is 0 Å². The third-order valence-corrected chi connectivity index (χ3v) is 4.76. The lowest BCUT2D eigenvalue weighted by atomic mass is 9.86. The van der Waals surface area contributed by atoms with E-state index in [1.165, 1.54) is 0 Å². The van der Waals surface area contributed by atoms with Crippen LogP contribution in [0, 0.1) is 0 Å². The quantitative estimate of drug-likeness (QED) is 0.823. The summed E-state index contributed by atoms with van der Waals surface area (Å²) in [7, 11) is 2.17. The topological polar surface area (TPSA) is 33.7 Å². The van der Waals surface area contributed by atoms with E-state index in [9.17, 15) is 0 Å². The van der Waals surface area contributed by atoms with E-state index in [1.807, 2.05) is 0 Å². The van der Waals surface area contributed by atoms with Crippen molar-refractivity contribution in [2.24, 2.45) is 0 Å². The maximum Gasteiger partial charge on any atom is 0.0826 e. The maximum atomic E-state index is 6.02. The first kappa shape index (κ1) is 15.2. The third-order valence-electron chi connectivity index (χ3n) is 4.76. The number of hydrogen-bond acceptors (Lipinski definition) is 4. The van der Waals surface area contributed by atoms with Crippen LogP contribution in [0.3, 0.4) is 0 Å². The van der Waals surface area contributed by atoms with E-state index in [0.717, 1.165) is 58.5 Å². The van der Waals surface area contributed by atoms with Crippen molar-refractivity contribution >= 4 is 0 Å². The number of rotatable bonds is 5. The number of nitrogens with zero attached hydrogens (tertiary/aromatic N) is 1. The Bertz CT molecular complexity index is 269. The van der Waals surface area contributed by atoms with E-state index < -0.39 is 0 Å². The van der Waals surface area contributed by atoms with Gasteiger partial charge in [-0.1, -0.05) is 13.8 Å². The molecule has 2 heterocycles. The first-order valence-electron chi connectivity index (χ1n) is 7.85. The molecule has 0 aromatic heterocycles. The van der Waals surface area contributed by atoms with E-state index in [-0.39, 0.29) is 5.60 Å². The highest BCUT2D eigenvalue weighted by atomic mass is 16.5. The summed E-state index contributed by atoms with van der Waals surface area (Å²) in [5.41, 5.74) is 0.111. The van der Waals surface area contributed by atoms with Crippen LogP contribution in [0.4, 0.5) is 0 Å². The number of ether oxygens (including phenoxy) is 2. The highest BCUT2D eigenvalue weighted by Crippen LogP contribution is 2.31. The number of morpholine rings is 1. The van der Waals surface area contributed by atoms with Gasteiger partial charge >= 0.3 is 0 Å². The molecule has 0 amide bonds. The minimum Gasteiger partial charge on any atom is -0.375 e. The fourth-order valence-electron chi connectivity index (χ4n) is 3.23. The minimum absolute atomic E-state index is 0.111. The zero-order chi connectivity index (χ0) is 13.7. The van der Waals surface area contributed by atoms with Crippen molar-refractivity contribution in [2.75, 3.05) is 39.9 Å². The van der Waals surface area contributed by atoms with Gasteiger partial charge in [-0.3, -0.25) is 0 Å². The standard InChI is InChI=1S/C15H30N2O2/c1-4-15(5-2)10-13(6-8-19-15)16-11-14-12-17(3)7-9-18-14/h13-14,16H,4-12H2,1-3H3. The molecule has 0 spiro atoms. The molecule has 2 saturated heterocycles. The lowest BCUT2D eigenvalue weighted by molar-refractivity contribution is -0.0953. The van der Waals surface area contributed by atoms with Crippen LogP contribution in [0.5, 0.6) is 0 Å². The second-order valence-electron chi connectivity index (χ2n) is 6.09. The Labute approximate surface area is 117 Å². The molecule has 2 fully saturated rings. The van der Waals surface area contributed by atoms with Crippen LogP contribution in [-0.2, 0) is 9.47 Å². The molecule has 2 rings (SSSR count). The Morgan fingerprint density at radius 1 is 1.26 bits per heavy atom. The van der Waals surface area contributed by atoms with Crippen molar-refractivity contribution in [1.29, 1.82) is 0 Å². The van der Waals surface area contributed by atoms with Gasteiger partial charge in [0.15, 0.2) is 0 Å². The van der Waals surface area contributed by atoms with Crippen molar-refractivity contribution in [3.63, 3.8) is 0 Å². The first-order chi connectivity index (χ1) is 9.17. The SMILES string of the molecule is CCC1(CC)CC(NCC2CN(C)CCO2)CCO1. The van der Waals surface area contributed by atoms with E-state index in [0.29, 0.717) is 12.1 Å². The lowest BCUT2D eigenvalue weighted by Crippen LogP contribution is -2.51. The van der Waals surface area contributed by atoms with Gasteiger partial charge in [0.2, 0.25) is 0 Å². The van der Waals surface area contributed by atoms with E-state index in [4.69, 9.17) is 9.47 Å². The van der Waals surface area contributed by atoms with Crippen LogP contribution in [0.25, 0.3) is 0 Å². The molecule has 2 aliphatic rings. The molecule has 0 aliphatic carbocycles. The summed E-state index contributed by atoms with van der Waals surface area (Å²) in [5, 5.41) is 3.70. The van der Waals surface area contributed by atoms with Crippen LogP contribution >= 0.6 is 0 Å². The predicted molar refractivity (Wildman–Crippen MR) is 77.5 cm³/mol. The molecular weight excluding hydrogens is 240 g/mol. The van der Waals surface area contributed by atoms with Gasteiger partial charge in [-0.25, -0.2) is 0 Å². The molecule has 0 radical (unpaired) electrons. The largest absolute Gasteiger partial charge is 0.375 e. The van der Waals surface area contributed by atoms with Crippen molar-refractivity contribution in [3.05, 3.63) is 0 Å². The summed E-state index contributed by atoms with van der Waals surface area (Å²) in [6.07, 6.45) is 4.85. The monoisotopic (exact) mass is 270 g/mol. The fourth-order valence-corrected chi connectivity index (χ4v) is 3.23. The molecule has 4 heteroatoms. The molecular formula is C15H30N2O2. The van der Waals surface area contributed by atoms with Gasteiger partial charge < -0.3 is 19.7 Å². The second-order valence-corrected chi connectivity index (χ2v) is 6.09. The molecule has 0 aromatic rings. The molecule has 4 nitrogen and oxygen atoms in total. The number of likely N-dealkylation sites (N-methyl/N-ethyl adjacent to an activating group) is 1. The van der Waals surface area contributed by atoms with Crippen LogP contribution in [0.1, 0.15) is 39.5 Å². The summed E-state index contributed by atoms with van der Waals surface area (Å²) >= 11 is 0. The number of hydrogen-bond donors (Lipinski definition) is 1. The van der Waals surface area contributed by atoms with Gasteiger partial charge in [0.25, 0.3) is 0 Å². The van der Waals surface area contributed by atoms with Gasteiger partial charge in [-0.2, -0.15) is 0 Å². The van der Waals surface area contributed by atoms with Crippen molar-refractivity contribution in [1.82, 2.24) is 10.2 Å². The molecule has 2 unspecified atom stereocenters. The van der Waals surface area contributed by atoms with Crippen LogP contribution in [0.15, 0.2) is 0 Å². The smallest absolute Gasteiger partial charge is 0.0826 e. The fraction of sp³-hybridized carbons (Fsp3) is 1.00. The molecule has 19 heavy (non-hydrogen) atoms. The Hall–Kier alpha value is -0.160. The molecule has 0 aromatic carbocycles. The molecule has 1 N–H and O–H groups in total. The summed E-state index contributed by atoms with van der Waals surface area (Å²) in [5.74, 6) is 0. The normalized spacial score (nSPS) is 32.4. The zero-order valence-corrected chi connectivity index (χ0v) is 12.8.